The first kappa shape index (κ1) is 24.7. The summed E-state index contributed by atoms with van der Waals surface area (Å²) in [5.41, 5.74) is 6.32. The zero-order chi connectivity index (χ0) is 24.9. The van der Waals surface area contributed by atoms with Crippen molar-refractivity contribution in [3.63, 3.8) is 0 Å². The minimum Gasteiger partial charge on any atom is -0.382 e. The van der Waals surface area contributed by atoms with Crippen molar-refractivity contribution in [1.82, 2.24) is 15.2 Å². The van der Waals surface area contributed by atoms with Crippen LogP contribution in [0.15, 0.2) is 42.5 Å². The highest BCUT2D eigenvalue weighted by atomic mass is 32.1. The number of nitrogens with zero attached hydrogens (tertiary/aromatic N) is 2. The molecule has 1 atom stereocenters. The van der Waals surface area contributed by atoms with Crippen molar-refractivity contribution >= 4 is 39.7 Å². The molecular weight excluding hydrogens is 472 g/mol. The van der Waals surface area contributed by atoms with Crippen molar-refractivity contribution in [2.45, 2.75) is 32.2 Å². The van der Waals surface area contributed by atoms with Crippen LogP contribution < -0.4 is 16.4 Å². The molecule has 4 N–H and O–H groups in total. The Labute approximate surface area is 206 Å². The van der Waals surface area contributed by atoms with Gasteiger partial charge in [0.1, 0.15) is 22.3 Å². The number of carbonyl (C=O) groups excluding carboxylic acids is 2. The van der Waals surface area contributed by atoms with E-state index in [1.165, 1.54) is 25.3 Å². The smallest absolute Gasteiger partial charge is 0.251 e. The third kappa shape index (κ3) is 6.01. The van der Waals surface area contributed by atoms with Gasteiger partial charge in [0, 0.05) is 23.8 Å². The third-order valence-corrected chi connectivity index (χ3v) is 6.79. The summed E-state index contributed by atoms with van der Waals surface area (Å²) in [6.07, 6.45) is 3.68. The van der Waals surface area contributed by atoms with Crippen LogP contribution >= 0.6 is 11.3 Å². The van der Waals surface area contributed by atoms with Crippen molar-refractivity contribution in [3.8, 4) is 0 Å². The van der Waals surface area contributed by atoms with Gasteiger partial charge in [-0.3, -0.25) is 9.59 Å². The number of piperidine rings is 1. The Hall–Kier alpha value is -3.37. The number of hydrogen-bond acceptors (Lipinski definition) is 7. The Morgan fingerprint density at radius 1 is 1.09 bits per heavy atom. The molecule has 0 aliphatic carbocycles. The lowest BCUT2D eigenvalue weighted by molar-refractivity contribution is 0.0925. The predicted molar refractivity (Wildman–Crippen MR) is 133 cm³/mol. The van der Waals surface area contributed by atoms with E-state index in [0.717, 1.165) is 43.1 Å². The van der Waals surface area contributed by atoms with Crippen LogP contribution in [-0.2, 0) is 0 Å². The molecule has 0 spiro atoms. The van der Waals surface area contributed by atoms with Crippen LogP contribution in [0.25, 0.3) is 0 Å². The number of halogens is 2. The zero-order valence-corrected chi connectivity index (χ0v) is 20.1. The molecule has 1 saturated heterocycles. The Balaban J connectivity index is 1.38. The summed E-state index contributed by atoms with van der Waals surface area (Å²) in [6, 6.07) is 10.0. The lowest BCUT2D eigenvalue weighted by Gasteiger charge is -2.29. The maximum Gasteiger partial charge on any atom is 0.251 e. The molecule has 4 rings (SSSR count). The van der Waals surface area contributed by atoms with E-state index in [0.29, 0.717) is 11.3 Å². The fraction of sp³-hybridized carbons (Fsp3) is 0.320. The second-order valence-electron chi connectivity index (χ2n) is 8.60. The minimum absolute atomic E-state index is 0.0342. The second kappa shape index (κ2) is 10.9. The molecule has 1 aliphatic rings. The highest BCUT2D eigenvalue weighted by Gasteiger charge is 2.24. The van der Waals surface area contributed by atoms with Gasteiger partial charge in [0.2, 0.25) is 5.78 Å². The summed E-state index contributed by atoms with van der Waals surface area (Å²) < 4.78 is 28.0. The molecule has 0 saturated carbocycles. The summed E-state index contributed by atoms with van der Waals surface area (Å²) in [5, 5.41) is 6.33. The molecule has 7 nitrogen and oxygen atoms in total. The number of nitrogen functional groups attached to an aromatic ring is 1. The van der Waals surface area contributed by atoms with Gasteiger partial charge in [-0.1, -0.05) is 23.8 Å². The molecule has 1 aromatic heterocycles. The molecule has 1 amide bonds. The average molecular weight is 500 g/mol. The maximum absolute atomic E-state index is 14.0. The fourth-order valence-corrected chi connectivity index (χ4v) is 4.94. The summed E-state index contributed by atoms with van der Waals surface area (Å²) in [5.74, 6) is -3.06. The number of amides is 1. The predicted octanol–water partition coefficient (Wildman–Crippen LogP) is 4.58. The van der Waals surface area contributed by atoms with Crippen LogP contribution in [0.5, 0.6) is 0 Å². The molecule has 1 fully saturated rings. The lowest BCUT2D eigenvalue weighted by Crippen LogP contribution is -2.43. The SMILES string of the molecule is CC(CN1CCCCC1)NC(=O)c1ccc(Nc2nc(N)c(C(=O)c3c(F)cccc3F)s2)cc1. The van der Waals surface area contributed by atoms with Gasteiger partial charge in [-0.2, -0.15) is 0 Å². The molecule has 3 aromatic rings. The van der Waals surface area contributed by atoms with E-state index in [1.54, 1.807) is 24.3 Å². The van der Waals surface area contributed by atoms with E-state index in [4.69, 9.17) is 5.73 Å². The van der Waals surface area contributed by atoms with Gasteiger partial charge in [-0.25, -0.2) is 13.8 Å². The Bertz CT molecular complexity index is 1190. The maximum atomic E-state index is 14.0. The van der Waals surface area contributed by atoms with E-state index in [1.807, 2.05) is 6.92 Å². The highest BCUT2D eigenvalue weighted by molar-refractivity contribution is 7.18. The number of rotatable bonds is 8. The van der Waals surface area contributed by atoms with Gasteiger partial charge in [-0.15, -0.1) is 0 Å². The van der Waals surface area contributed by atoms with Crippen molar-refractivity contribution < 1.29 is 18.4 Å². The first-order chi connectivity index (χ1) is 16.8. The average Bonchev–Trinajstić information content (AvgIpc) is 3.19. The molecule has 0 radical (unpaired) electrons. The lowest BCUT2D eigenvalue weighted by atomic mass is 10.1. The second-order valence-corrected chi connectivity index (χ2v) is 9.60. The van der Waals surface area contributed by atoms with Crippen molar-refractivity contribution in [2.75, 3.05) is 30.7 Å². The molecular formula is C25H27F2N5O2S. The molecule has 2 aromatic carbocycles. The number of ketones is 1. The molecule has 2 heterocycles. The van der Waals surface area contributed by atoms with Crippen molar-refractivity contribution in [2.24, 2.45) is 0 Å². The Morgan fingerprint density at radius 2 is 1.74 bits per heavy atom. The van der Waals surface area contributed by atoms with Gasteiger partial charge in [0.05, 0.1) is 5.56 Å². The van der Waals surface area contributed by atoms with Crippen molar-refractivity contribution in [1.29, 1.82) is 0 Å². The van der Waals surface area contributed by atoms with Crippen LogP contribution in [0.1, 0.15) is 51.8 Å². The standard InChI is InChI=1S/C25H27F2N5O2S/c1-15(14-32-12-3-2-4-13-32)29-24(34)16-8-10-17(11-9-16)30-25-31-23(28)22(35-25)21(33)20-18(26)6-5-7-19(20)27/h5-11,15H,2-4,12-14,28H2,1H3,(H,29,34)(H,30,31). The first-order valence-electron chi connectivity index (χ1n) is 11.5. The quantitative estimate of drug-likeness (QED) is 0.392. The summed E-state index contributed by atoms with van der Waals surface area (Å²) in [7, 11) is 0. The van der Waals surface area contributed by atoms with E-state index >= 15 is 0 Å². The first-order valence-corrected chi connectivity index (χ1v) is 12.3. The highest BCUT2D eigenvalue weighted by Crippen LogP contribution is 2.31. The van der Waals surface area contributed by atoms with Gasteiger partial charge in [-0.05, 0) is 69.3 Å². The minimum atomic E-state index is -0.962. The van der Waals surface area contributed by atoms with Crippen LogP contribution in [0, 0.1) is 11.6 Å². The van der Waals surface area contributed by atoms with Gasteiger partial charge < -0.3 is 21.3 Å². The molecule has 35 heavy (non-hydrogen) atoms. The van der Waals surface area contributed by atoms with Gasteiger partial charge in [0.25, 0.3) is 5.91 Å². The molecule has 1 unspecified atom stereocenters. The number of thiazole rings is 1. The number of nitrogens with one attached hydrogen (secondary N) is 2. The van der Waals surface area contributed by atoms with Crippen LogP contribution in [0.2, 0.25) is 0 Å². The summed E-state index contributed by atoms with van der Waals surface area (Å²) in [6.45, 7) is 4.98. The third-order valence-electron chi connectivity index (χ3n) is 5.81. The van der Waals surface area contributed by atoms with Crippen LogP contribution in [0.4, 0.5) is 25.4 Å². The molecule has 0 bridgehead atoms. The van der Waals surface area contributed by atoms with E-state index in [2.05, 4.69) is 20.5 Å². The van der Waals surface area contributed by atoms with E-state index < -0.39 is 23.0 Å². The van der Waals surface area contributed by atoms with Crippen molar-refractivity contribution in [3.05, 3.63) is 70.1 Å². The van der Waals surface area contributed by atoms with Crippen LogP contribution in [0.3, 0.4) is 0 Å². The van der Waals surface area contributed by atoms with E-state index in [-0.39, 0.29) is 27.8 Å². The van der Waals surface area contributed by atoms with E-state index in [9.17, 15) is 18.4 Å². The Kier molecular flexibility index (Phi) is 7.72. The monoisotopic (exact) mass is 499 g/mol. The number of likely N-dealkylation sites (tertiary alicyclic amines) is 1. The number of carbonyl (C=O) groups is 2. The topological polar surface area (TPSA) is 100 Å². The number of hydrogen-bond donors (Lipinski definition) is 3. The summed E-state index contributed by atoms with van der Waals surface area (Å²) >= 11 is 0.896. The van der Waals surface area contributed by atoms with Gasteiger partial charge in [0.15, 0.2) is 5.13 Å². The normalized spacial score (nSPS) is 14.9. The number of anilines is 3. The van der Waals surface area contributed by atoms with Gasteiger partial charge >= 0.3 is 0 Å². The molecule has 10 heteroatoms. The molecule has 184 valence electrons. The number of aromatic nitrogens is 1. The largest absolute Gasteiger partial charge is 0.382 e. The molecule has 1 aliphatic heterocycles. The number of nitrogens with two attached hydrogens (primary N) is 1. The number of benzene rings is 2. The Morgan fingerprint density at radius 3 is 2.40 bits per heavy atom. The summed E-state index contributed by atoms with van der Waals surface area (Å²) in [4.78, 5) is 31.7. The zero-order valence-electron chi connectivity index (χ0n) is 19.3. The fourth-order valence-electron chi connectivity index (χ4n) is 4.09. The van der Waals surface area contributed by atoms with Crippen LogP contribution in [-0.4, -0.2) is 47.3 Å².